The zero-order valence-electron chi connectivity index (χ0n) is 10.7. The van der Waals surface area contributed by atoms with E-state index in [2.05, 4.69) is 52.3 Å². The molecule has 2 unspecified atom stereocenters. The Kier molecular flexibility index (Phi) is 3.95. The molecule has 1 aliphatic carbocycles. The van der Waals surface area contributed by atoms with Crippen molar-refractivity contribution in [1.29, 1.82) is 0 Å². The minimum absolute atomic E-state index is 0.439. The summed E-state index contributed by atoms with van der Waals surface area (Å²) in [4.78, 5) is 0.439. The van der Waals surface area contributed by atoms with Crippen molar-refractivity contribution in [3.8, 4) is 0 Å². The molecule has 0 nitrogen and oxygen atoms in total. The lowest BCUT2D eigenvalue weighted by atomic mass is 9.81. The van der Waals surface area contributed by atoms with Gasteiger partial charge in [-0.2, -0.15) is 0 Å². The number of hydrogen-bond acceptors (Lipinski definition) is 0. The molecule has 98 valence electrons. The molecule has 3 rings (SSSR count). The zero-order valence-corrected chi connectivity index (χ0v) is 13.0. The first-order valence-corrected chi connectivity index (χ1v) is 8.00. The van der Waals surface area contributed by atoms with E-state index in [1.807, 2.05) is 12.1 Å². The van der Waals surface area contributed by atoms with E-state index in [4.69, 9.17) is 11.6 Å². The molecule has 0 saturated carbocycles. The highest BCUT2D eigenvalue weighted by Gasteiger charge is 2.27. The van der Waals surface area contributed by atoms with Crippen molar-refractivity contribution >= 4 is 27.5 Å². The average molecular weight is 336 g/mol. The second kappa shape index (κ2) is 5.68. The first-order chi connectivity index (χ1) is 9.25. The number of hydrogen-bond donors (Lipinski definition) is 0. The van der Waals surface area contributed by atoms with Crippen molar-refractivity contribution in [2.24, 2.45) is 5.92 Å². The Morgan fingerprint density at radius 2 is 1.79 bits per heavy atom. The largest absolute Gasteiger partial charge is 0.0840 e. The SMILES string of the molecule is Clc1ccccc1CC1CCc2ccccc2C1Br. The van der Waals surface area contributed by atoms with Gasteiger partial charge in [-0.15, -0.1) is 0 Å². The fourth-order valence-electron chi connectivity index (χ4n) is 2.92. The van der Waals surface area contributed by atoms with Gasteiger partial charge in [-0.1, -0.05) is 70.0 Å². The third kappa shape index (κ3) is 2.73. The van der Waals surface area contributed by atoms with Crippen LogP contribution in [0.25, 0.3) is 0 Å². The van der Waals surface area contributed by atoms with Gasteiger partial charge in [0.15, 0.2) is 0 Å². The number of benzene rings is 2. The molecule has 19 heavy (non-hydrogen) atoms. The number of rotatable bonds is 2. The molecule has 2 atom stereocenters. The van der Waals surface area contributed by atoms with Crippen molar-refractivity contribution in [3.63, 3.8) is 0 Å². The topological polar surface area (TPSA) is 0 Å². The molecule has 1 aliphatic rings. The molecule has 0 saturated heterocycles. The molecule has 0 N–H and O–H groups in total. The number of halogens is 2. The van der Waals surface area contributed by atoms with Gasteiger partial charge in [0.05, 0.1) is 0 Å². The quantitative estimate of drug-likeness (QED) is 0.628. The minimum Gasteiger partial charge on any atom is -0.0840 e. The summed E-state index contributed by atoms with van der Waals surface area (Å²) < 4.78 is 0. The molecule has 0 spiro atoms. The number of aryl methyl sites for hydroxylation is 1. The second-order valence-electron chi connectivity index (χ2n) is 5.19. The van der Waals surface area contributed by atoms with Gasteiger partial charge in [-0.3, -0.25) is 0 Å². The summed E-state index contributed by atoms with van der Waals surface area (Å²) in [5, 5.41) is 0.890. The van der Waals surface area contributed by atoms with Crippen molar-refractivity contribution in [3.05, 3.63) is 70.2 Å². The van der Waals surface area contributed by atoms with Gasteiger partial charge in [0.25, 0.3) is 0 Å². The van der Waals surface area contributed by atoms with Crippen LogP contribution in [-0.2, 0) is 12.8 Å². The normalized spacial score (nSPS) is 22.0. The Labute approximate surface area is 127 Å². The van der Waals surface area contributed by atoms with E-state index in [0.29, 0.717) is 10.7 Å². The maximum atomic E-state index is 6.28. The van der Waals surface area contributed by atoms with Crippen molar-refractivity contribution in [2.75, 3.05) is 0 Å². The van der Waals surface area contributed by atoms with Crippen LogP contribution in [0.15, 0.2) is 48.5 Å². The van der Waals surface area contributed by atoms with E-state index in [1.165, 1.54) is 29.5 Å². The summed E-state index contributed by atoms with van der Waals surface area (Å²) in [5.74, 6) is 0.620. The van der Waals surface area contributed by atoms with Crippen molar-refractivity contribution in [2.45, 2.75) is 24.1 Å². The molecular weight excluding hydrogens is 320 g/mol. The van der Waals surface area contributed by atoms with Crippen LogP contribution in [0.3, 0.4) is 0 Å². The first kappa shape index (κ1) is 13.2. The molecule has 2 aromatic carbocycles. The maximum absolute atomic E-state index is 6.28. The number of fused-ring (bicyclic) bond motifs is 1. The standard InChI is InChI=1S/C17H16BrCl/c18-17-14(11-13-6-2-4-8-16(13)19)10-9-12-5-1-3-7-15(12)17/h1-8,14,17H,9-11H2. The molecule has 0 bridgehead atoms. The summed E-state index contributed by atoms with van der Waals surface area (Å²) in [6, 6.07) is 16.9. The van der Waals surface area contributed by atoms with Gasteiger partial charge in [-0.05, 0) is 47.9 Å². The van der Waals surface area contributed by atoms with Gasteiger partial charge >= 0.3 is 0 Å². The highest BCUT2D eigenvalue weighted by atomic mass is 79.9. The molecule has 0 amide bonds. The molecule has 0 aliphatic heterocycles. The lowest BCUT2D eigenvalue weighted by molar-refractivity contribution is 0.452. The van der Waals surface area contributed by atoms with E-state index in [9.17, 15) is 0 Å². The Bertz CT molecular complexity index is 579. The van der Waals surface area contributed by atoms with Gasteiger partial charge in [0, 0.05) is 9.85 Å². The van der Waals surface area contributed by atoms with E-state index < -0.39 is 0 Å². The molecule has 2 aromatic rings. The summed E-state index contributed by atoms with van der Waals surface area (Å²) in [7, 11) is 0. The summed E-state index contributed by atoms with van der Waals surface area (Å²) in [6.45, 7) is 0. The maximum Gasteiger partial charge on any atom is 0.0438 e. The highest BCUT2D eigenvalue weighted by Crippen LogP contribution is 2.42. The third-order valence-corrected chi connectivity index (χ3v) is 5.60. The smallest absolute Gasteiger partial charge is 0.0438 e. The predicted molar refractivity (Wildman–Crippen MR) is 85.1 cm³/mol. The Balaban J connectivity index is 1.83. The Morgan fingerprint density at radius 3 is 2.63 bits per heavy atom. The fraction of sp³-hybridized carbons (Fsp3) is 0.294. The zero-order chi connectivity index (χ0) is 13.2. The monoisotopic (exact) mass is 334 g/mol. The molecule has 2 heteroatoms. The summed E-state index contributed by atoms with van der Waals surface area (Å²) in [5.41, 5.74) is 4.20. The lowest BCUT2D eigenvalue weighted by Gasteiger charge is -2.30. The van der Waals surface area contributed by atoms with Crippen LogP contribution in [0, 0.1) is 5.92 Å². The van der Waals surface area contributed by atoms with Crippen LogP contribution in [-0.4, -0.2) is 0 Å². The summed E-state index contributed by atoms with van der Waals surface area (Å²) in [6.07, 6.45) is 3.44. The van der Waals surface area contributed by atoms with Crippen molar-refractivity contribution in [1.82, 2.24) is 0 Å². The molecule has 0 radical (unpaired) electrons. The first-order valence-electron chi connectivity index (χ1n) is 6.71. The van der Waals surface area contributed by atoms with Gasteiger partial charge in [0.1, 0.15) is 0 Å². The van der Waals surface area contributed by atoms with Crippen LogP contribution >= 0.6 is 27.5 Å². The molecular formula is C17H16BrCl. The van der Waals surface area contributed by atoms with Crippen LogP contribution in [0.5, 0.6) is 0 Å². The number of alkyl halides is 1. The third-order valence-electron chi connectivity index (χ3n) is 3.99. The highest BCUT2D eigenvalue weighted by molar-refractivity contribution is 9.09. The predicted octanol–water partition coefficient (Wildman–Crippen LogP) is 5.58. The Hall–Kier alpha value is -0.790. The summed E-state index contributed by atoms with van der Waals surface area (Å²) >= 11 is 10.2. The van der Waals surface area contributed by atoms with Crippen LogP contribution in [0.2, 0.25) is 5.02 Å². The molecule has 0 heterocycles. The van der Waals surface area contributed by atoms with Gasteiger partial charge in [-0.25, -0.2) is 0 Å². The van der Waals surface area contributed by atoms with Gasteiger partial charge < -0.3 is 0 Å². The van der Waals surface area contributed by atoms with Gasteiger partial charge in [0.2, 0.25) is 0 Å². The van der Waals surface area contributed by atoms with Crippen LogP contribution < -0.4 is 0 Å². The molecule has 0 aromatic heterocycles. The van der Waals surface area contributed by atoms with E-state index in [-0.39, 0.29) is 0 Å². The van der Waals surface area contributed by atoms with E-state index in [1.54, 1.807) is 0 Å². The molecule has 0 fully saturated rings. The van der Waals surface area contributed by atoms with E-state index >= 15 is 0 Å². The van der Waals surface area contributed by atoms with Crippen LogP contribution in [0.1, 0.15) is 27.9 Å². The van der Waals surface area contributed by atoms with Crippen LogP contribution in [0.4, 0.5) is 0 Å². The second-order valence-corrected chi connectivity index (χ2v) is 6.59. The Morgan fingerprint density at radius 1 is 1.05 bits per heavy atom. The van der Waals surface area contributed by atoms with E-state index in [0.717, 1.165) is 11.4 Å². The minimum atomic E-state index is 0.439. The average Bonchev–Trinajstić information content (AvgIpc) is 2.44. The lowest BCUT2D eigenvalue weighted by Crippen LogP contribution is -2.18. The van der Waals surface area contributed by atoms with Crippen molar-refractivity contribution < 1.29 is 0 Å². The fourth-order valence-corrected chi connectivity index (χ4v) is 4.03.